The van der Waals surface area contributed by atoms with E-state index in [1.807, 2.05) is 30.3 Å². The first kappa shape index (κ1) is 24.3. The van der Waals surface area contributed by atoms with Crippen LogP contribution in [0.3, 0.4) is 0 Å². The number of sulfonamides is 1. The third-order valence-corrected chi connectivity index (χ3v) is 5.02. The number of amides is 1. The number of nitrogens with two attached hydrogens (primary N) is 1. The second-order valence-corrected chi connectivity index (χ2v) is 8.42. The van der Waals surface area contributed by atoms with Crippen LogP contribution in [0.4, 0.5) is 17.5 Å². The van der Waals surface area contributed by atoms with Crippen molar-refractivity contribution in [3.8, 4) is 0 Å². The highest BCUT2D eigenvalue weighted by atomic mass is 32.2. The molecule has 11 heteroatoms. The number of hydrogen-bond donors (Lipinski definition) is 3. The van der Waals surface area contributed by atoms with Crippen molar-refractivity contribution in [2.45, 2.75) is 11.8 Å². The smallest absolute Gasteiger partial charge is 0.264 e. The van der Waals surface area contributed by atoms with Crippen LogP contribution in [0.2, 0.25) is 0 Å². The van der Waals surface area contributed by atoms with Crippen LogP contribution in [-0.4, -0.2) is 50.0 Å². The Morgan fingerprint density at radius 3 is 2.25 bits per heavy atom. The maximum atomic E-state index is 12.5. The maximum absolute atomic E-state index is 12.5. The number of nitrogen functional groups attached to an aromatic ring is 1. The summed E-state index contributed by atoms with van der Waals surface area (Å²) in [7, 11) is -0.449. The molecule has 1 heterocycles. The molecule has 0 aliphatic rings. The average molecular weight is 456 g/mol. The number of benzene rings is 2. The van der Waals surface area contributed by atoms with Crippen molar-refractivity contribution in [3.05, 3.63) is 71.9 Å². The number of nitrogens with one attached hydrogen (secondary N) is 2. The lowest BCUT2D eigenvalue weighted by atomic mass is 10.2. The number of aromatic nitrogens is 2. The number of carbonyl (C=O) groups is 1. The second-order valence-electron chi connectivity index (χ2n) is 6.74. The van der Waals surface area contributed by atoms with Crippen LogP contribution in [0.5, 0.6) is 0 Å². The molecule has 0 atom stereocenters. The van der Waals surface area contributed by atoms with Crippen molar-refractivity contribution < 1.29 is 13.2 Å². The van der Waals surface area contributed by atoms with Gasteiger partial charge in [0, 0.05) is 31.5 Å². The van der Waals surface area contributed by atoms with Crippen LogP contribution in [0.1, 0.15) is 11.3 Å². The molecule has 32 heavy (non-hydrogen) atoms. The lowest BCUT2D eigenvalue weighted by Gasteiger charge is -2.09. The van der Waals surface area contributed by atoms with E-state index in [4.69, 9.17) is 5.73 Å². The first-order valence-electron chi connectivity index (χ1n) is 9.39. The number of nitrogens with zero attached hydrogens (tertiary/aromatic N) is 4. The Balaban J connectivity index is 0.000000654. The van der Waals surface area contributed by atoms with Gasteiger partial charge in [0.15, 0.2) is 5.82 Å². The molecule has 3 rings (SSSR count). The first-order chi connectivity index (χ1) is 15.2. The van der Waals surface area contributed by atoms with E-state index in [1.54, 1.807) is 33.3 Å². The maximum Gasteiger partial charge on any atom is 0.264 e. The standard InChI is InChI=1S/C18H18N6O2S.C3H7NO/c1-13-11-17(23-20-12-14-5-3-2-4-6-14)22-18(21-13)24-27(25,26)16-9-7-15(19)8-10-16;1-4(2)3-5/h2-12H,19H2,1H3,(H2,21,22,23,24);3H,1-2H3/b20-12+;. The minimum absolute atomic E-state index is 0.0516. The van der Waals surface area contributed by atoms with E-state index in [9.17, 15) is 13.2 Å². The molecule has 2 aromatic carbocycles. The molecule has 0 bridgehead atoms. The summed E-state index contributed by atoms with van der Waals surface area (Å²) in [6.45, 7) is 1.73. The van der Waals surface area contributed by atoms with Gasteiger partial charge in [-0.05, 0) is 36.8 Å². The van der Waals surface area contributed by atoms with Crippen molar-refractivity contribution in [2.75, 3.05) is 30.0 Å². The molecule has 3 aromatic rings. The minimum Gasteiger partial charge on any atom is -0.399 e. The molecule has 1 aromatic heterocycles. The molecule has 0 aliphatic carbocycles. The topological polar surface area (TPSA) is 143 Å². The fourth-order valence-corrected chi connectivity index (χ4v) is 3.15. The number of rotatable bonds is 7. The quantitative estimate of drug-likeness (QED) is 0.215. The predicted octanol–water partition coefficient (Wildman–Crippen LogP) is 2.32. The largest absolute Gasteiger partial charge is 0.399 e. The molecule has 0 aliphatic heterocycles. The molecule has 4 N–H and O–H groups in total. The third-order valence-electron chi connectivity index (χ3n) is 3.67. The van der Waals surface area contributed by atoms with E-state index in [0.29, 0.717) is 17.2 Å². The Kier molecular flexibility index (Phi) is 8.66. The Labute approximate surface area is 187 Å². The van der Waals surface area contributed by atoms with Crippen LogP contribution in [0, 0.1) is 6.92 Å². The monoisotopic (exact) mass is 455 g/mol. The van der Waals surface area contributed by atoms with Gasteiger partial charge in [-0.2, -0.15) is 10.1 Å². The number of hydrazone groups is 1. The average Bonchev–Trinajstić information content (AvgIpc) is 2.74. The number of anilines is 3. The molecule has 10 nitrogen and oxygen atoms in total. The fourth-order valence-electron chi connectivity index (χ4n) is 2.21. The molecule has 0 saturated heterocycles. The number of carbonyl (C=O) groups excluding carboxylic acids is 1. The first-order valence-corrected chi connectivity index (χ1v) is 10.9. The van der Waals surface area contributed by atoms with Gasteiger partial charge in [-0.15, -0.1) is 0 Å². The van der Waals surface area contributed by atoms with E-state index in [2.05, 4.69) is 25.2 Å². The number of hydrogen-bond acceptors (Lipinski definition) is 8. The van der Waals surface area contributed by atoms with E-state index in [-0.39, 0.29) is 10.8 Å². The van der Waals surface area contributed by atoms with Gasteiger partial charge in [0.2, 0.25) is 12.4 Å². The van der Waals surface area contributed by atoms with Crippen molar-refractivity contribution in [2.24, 2.45) is 5.10 Å². The van der Waals surface area contributed by atoms with Crippen molar-refractivity contribution in [1.29, 1.82) is 0 Å². The highest BCUT2D eigenvalue weighted by Crippen LogP contribution is 2.17. The molecule has 0 saturated carbocycles. The molecule has 1 amide bonds. The summed E-state index contributed by atoms with van der Waals surface area (Å²) >= 11 is 0. The Morgan fingerprint density at radius 2 is 1.66 bits per heavy atom. The molecule has 0 radical (unpaired) electrons. The van der Waals surface area contributed by atoms with Gasteiger partial charge in [-0.3, -0.25) is 10.2 Å². The lowest BCUT2D eigenvalue weighted by Crippen LogP contribution is -2.16. The second kappa shape index (κ2) is 11.4. The van der Waals surface area contributed by atoms with Gasteiger partial charge in [-0.1, -0.05) is 30.3 Å². The van der Waals surface area contributed by atoms with Gasteiger partial charge in [0.25, 0.3) is 10.0 Å². The van der Waals surface area contributed by atoms with Gasteiger partial charge >= 0.3 is 0 Å². The summed E-state index contributed by atoms with van der Waals surface area (Å²) in [5.41, 5.74) is 10.3. The molecule has 0 spiro atoms. The lowest BCUT2D eigenvalue weighted by molar-refractivity contribution is -0.115. The summed E-state index contributed by atoms with van der Waals surface area (Å²) < 4.78 is 27.3. The van der Waals surface area contributed by atoms with Gasteiger partial charge in [0.05, 0.1) is 11.1 Å². The molecular weight excluding hydrogens is 430 g/mol. The van der Waals surface area contributed by atoms with Crippen molar-refractivity contribution in [3.63, 3.8) is 0 Å². The molecular formula is C21H25N7O3S. The summed E-state index contributed by atoms with van der Waals surface area (Å²) in [6.07, 6.45) is 2.38. The SMILES string of the molecule is CN(C)C=O.Cc1cc(N/N=C/c2ccccc2)nc(NS(=O)(=O)c2ccc(N)cc2)n1. The third kappa shape index (κ3) is 8.03. The summed E-state index contributed by atoms with van der Waals surface area (Å²) in [4.78, 5) is 19.2. The Hall–Kier alpha value is -3.99. The molecule has 168 valence electrons. The van der Waals surface area contributed by atoms with Gasteiger partial charge < -0.3 is 10.6 Å². The van der Waals surface area contributed by atoms with E-state index in [0.717, 1.165) is 12.0 Å². The van der Waals surface area contributed by atoms with Crippen LogP contribution in [0.15, 0.2) is 70.7 Å². The van der Waals surface area contributed by atoms with E-state index in [1.165, 1.54) is 29.2 Å². The van der Waals surface area contributed by atoms with Crippen molar-refractivity contribution >= 4 is 40.1 Å². The minimum atomic E-state index is -3.82. The van der Waals surface area contributed by atoms with Crippen molar-refractivity contribution in [1.82, 2.24) is 14.9 Å². The van der Waals surface area contributed by atoms with E-state index < -0.39 is 10.0 Å². The Bertz CT molecular complexity index is 1150. The van der Waals surface area contributed by atoms with Crippen LogP contribution in [0.25, 0.3) is 0 Å². The zero-order chi connectivity index (χ0) is 23.6. The molecule has 0 unspecified atom stereocenters. The van der Waals surface area contributed by atoms with Gasteiger partial charge in [-0.25, -0.2) is 18.1 Å². The summed E-state index contributed by atoms with van der Waals surface area (Å²) in [5.74, 6) is 0.314. The van der Waals surface area contributed by atoms with Crippen LogP contribution < -0.4 is 15.9 Å². The van der Waals surface area contributed by atoms with E-state index >= 15 is 0 Å². The fraction of sp³-hybridized carbons (Fsp3) is 0.143. The Morgan fingerprint density at radius 1 is 1.03 bits per heavy atom. The highest BCUT2D eigenvalue weighted by Gasteiger charge is 2.16. The zero-order valence-electron chi connectivity index (χ0n) is 17.9. The predicted molar refractivity (Wildman–Crippen MR) is 126 cm³/mol. The zero-order valence-corrected chi connectivity index (χ0v) is 18.7. The summed E-state index contributed by atoms with van der Waals surface area (Å²) in [6, 6.07) is 17.0. The highest BCUT2D eigenvalue weighted by molar-refractivity contribution is 7.92. The number of aryl methyl sites for hydroxylation is 1. The summed E-state index contributed by atoms with van der Waals surface area (Å²) in [5, 5.41) is 4.10. The van der Waals surface area contributed by atoms with Gasteiger partial charge in [0.1, 0.15) is 0 Å². The van der Waals surface area contributed by atoms with Crippen LogP contribution in [-0.2, 0) is 14.8 Å². The van der Waals surface area contributed by atoms with Crippen LogP contribution >= 0.6 is 0 Å². The normalized spacial score (nSPS) is 10.7. The molecule has 0 fully saturated rings.